The van der Waals surface area contributed by atoms with Gasteiger partial charge in [0.15, 0.2) is 0 Å². The second-order valence-corrected chi connectivity index (χ2v) is 4.88. The summed E-state index contributed by atoms with van der Waals surface area (Å²) in [6.07, 6.45) is 0. The number of methoxy groups -OCH3 is 2. The van der Waals surface area contributed by atoms with Crippen molar-refractivity contribution in [3.05, 3.63) is 58.4 Å². The Kier molecular flexibility index (Phi) is 5.04. The SMILES string of the molecule is CNC(c1ccc(F)c(Cl)c1)c1c(OC)cccc1OC. The van der Waals surface area contributed by atoms with E-state index < -0.39 is 5.82 Å². The highest BCUT2D eigenvalue weighted by molar-refractivity contribution is 6.30. The van der Waals surface area contributed by atoms with E-state index in [1.807, 2.05) is 25.2 Å². The van der Waals surface area contributed by atoms with Crippen LogP contribution in [0.2, 0.25) is 5.02 Å². The standard InChI is InChI=1S/C16H17ClFNO2/c1-19-16(10-7-8-12(18)11(17)9-10)15-13(20-2)5-4-6-14(15)21-3/h4-9,16,19H,1-3H3. The van der Waals surface area contributed by atoms with Crippen molar-refractivity contribution in [1.82, 2.24) is 5.32 Å². The molecule has 3 nitrogen and oxygen atoms in total. The molecule has 0 aliphatic rings. The number of hydrogen-bond donors (Lipinski definition) is 1. The molecule has 21 heavy (non-hydrogen) atoms. The van der Waals surface area contributed by atoms with Gasteiger partial charge in [0.25, 0.3) is 0 Å². The molecule has 112 valence electrons. The molecule has 2 aromatic rings. The summed E-state index contributed by atoms with van der Waals surface area (Å²) in [7, 11) is 5.01. The van der Waals surface area contributed by atoms with E-state index in [0.717, 1.165) is 11.1 Å². The summed E-state index contributed by atoms with van der Waals surface area (Å²) < 4.78 is 24.2. The molecule has 0 saturated carbocycles. The molecule has 0 aliphatic carbocycles. The summed E-state index contributed by atoms with van der Waals surface area (Å²) in [4.78, 5) is 0. The zero-order chi connectivity index (χ0) is 15.4. The van der Waals surface area contributed by atoms with Gasteiger partial charge in [0.1, 0.15) is 17.3 Å². The van der Waals surface area contributed by atoms with E-state index in [-0.39, 0.29) is 11.1 Å². The zero-order valence-corrected chi connectivity index (χ0v) is 12.9. The number of ether oxygens (including phenoxy) is 2. The van der Waals surface area contributed by atoms with Crippen LogP contribution in [0.15, 0.2) is 36.4 Å². The summed E-state index contributed by atoms with van der Waals surface area (Å²) in [6, 6.07) is 9.98. The van der Waals surface area contributed by atoms with Crippen molar-refractivity contribution in [2.75, 3.05) is 21.3 Å². The molecule has 2 rings (SSSR count). The lowest BCUT2D eigenvalue weighted by atomic mass is 9.97. The Balaban J connectivity index is 2.57. The van der Waals surface area contributed by atoms with Gasteiger partial charge in [0.05, 0.1) is 30.8 Å². The lowest BCUT2D eigenvalue weighted by Crippen LogP contribution is -2.19. The molecule has 1 atom stereocenters. The van der Waals surface area contributed by atoms with Crippen LogP contribution in [0.4, 0.5) is 4.39 Å². The minimum atomic E-state index is -0.442. The first-order valence-corrected chi connectivity index (χ1v) is 6.83. The molecule has 0 aliphatic heterocycles. The average molecular weight is 310 g/mol. The second-order valence-electron chi connectivity index (χ2n) is 4.47. The maximum atomic E-state index is 13.4. The van der Waals surface area contributed by atoms with Crippen molar-refractivity contribution in [2.45, 2.75) is 6.04 Å². The molecule has 5 heteroatoms. The molecule has 0 amide bonds. The second kappa shape index (κ2) is 6.78. The Morgan fingerprint density at radius 3 is 2.19 bits per heavy atom. The fraction of sp³-hybridized carbons (Fsp3) is 0.250. The van der Waals surface area contributed by atoms with Crippen molar-refractivity contribution < 1.29 is 13.9 Å². The van der Waals surface area contributed by atoms with Crippen molar-refractivity contribution in [3.8, 4) is 11.5 Å². The highest BCUT2D eigenvalue weighted by Gasteiger charge is 2.22. The summed E-state index contributed by atoms with van der Waals surface area (Å²) >= 11 is 5.88. The van der Waals surface area contributed by atoms with Gasteiger partial charge < -0.3 is 14.8 Å². The Labute approximate surface area is 128 Å². The maximum Gasteiger partial charge on any atom is 0.141 e. The number of benzene rings is 2. The molecule has 0 bridgehead atoms. The first kappa shape index (κ1) is 15.6. The number of rotatable bonds is 5. The topological polar surface area (TPSA) is 30.5 Å². The van der Waals surface area contributed by atoms with Gasteiger partial charge in [-0.3, -0.25) is 0 Å². The number of nitrogens with one attached hydrogen (secondary N) is 1. The minimum Gasteiger partial charge on any atom is -0.496 e. The Morgan fingerprint density at radius 1 is 1.10 bits per heavy atom. The van der Waals surface area contributed by atoms with Crippen LogP contribution in [-0.4, -0.2) is 21.3 Å². The van der Waals surface area contributed by atoms with E-state index in [0.29, 0.717) is 11.5 Å². The van der Waals surface area contributed by atoms with Crippen LogP contribution in [0.3, 0.4) is 0 Å². The van der Waals surface area contributed by atoms with Gasteiger partial charge >= 0.3 is 0 Å². The molecule has 0 spiro atoms. The molecule has 0 radical (unpaired) electrons. The molecule has 1 unspecified atom stereocenters. The van der Waals surface area contributed by atoms with Crippen LogP contribution >= 0.6 is 11.6 Å². The molecule has 2 aromatic carbocycles. The number of halogens is 2. The van der Waals surface area contributed by atoms with E-state index in [1.165, 1.54) is 6.07 Å². The minimum absolute atomic E-state index is 0.0848. The predicted octanol–water partition coefficient (Wildman–Crippen LogP) is 3.81. The third-order valence-electron chi connectivity index (χ3n) is 3.32. The summed E-state index contributed by atoms with van der Waals surface area (Å²) in [6.45, 7) is 0. The van der Waals surface area contributed by atoms with Crippen LogP contribution < -0.4 is 14.8 Å². The summed E-state index contributed by atoms with van der Waals surface area (Å²) in [5.74, 6) is 0.936. The van der Waals surface area contributed by atoms with Crippen LogP contribution in [0.25, 0.3) is 0 Å². The third kappa shape index (κ3) is 3.12. The van der Waals surface area contributed by atoms with Crippen LogP contribution in [0.5, 0.6) is 11.5 Å². The molecular weight excluding hydrogens is 293 g/mol. The summed E-state index contributed by atoms with van der Waals surface area (Å²) in [5.41, 5.74) is 1.67. The summed E-state index contributed by atoms with van der Waals surface area (Å²) in [5, 5.41) is 3.27. The first-order valence-electron chi connectivity index (χ1n) is 6.45. The van der Waals surface area contributed by atoms with E-state index >= 15 is 0 Å². The first-order chi connectivity index (χ1) is 10.1. The Morgan fingerprint density at radius 2 is 1.71 bits per heavy atom. The van der Waals surface area contributed by atoms with E-state index in [1.54, 1.807) is 26.4 Å². The molecule has 0 fully saturated rings. The van der Waals surface area contributed by atoms with Crippen LogP contribution in [-0.2, 0) is 0 Å². The van der Waals surface area contributed by atoms with Gasteiger partial charge in [0.2, 0.25) is 0 Å². The smallest absolute Gasteiger partial charge is 0.141 e. The lowest BCUT2D eigenvalue weighted by molar-refractivity contribution is 0.379. The average Bonchev–Trinajstić information content (AvgIpc) is 2.51. The van der Waals surface area contributed by atoms with Gasteiger partial charge in [-0.15, -0.1) is 0 Å². The molecule has 1 N–H and O–H groups in total. The highest BCUT2D eigenvalue weighted by atomic mass is 35.5. The molecule has 0 aromatic heterocycles. The van der Waals surface area contributed by atoms with Crippen molar-refractivity contribution in [3.63, 3.8) is 0 Å². The van der Waals surface area contributed by atoms with Gasteiger partial charge in [-0.05, 0) is 36.9 Å². The largest absolute Gasteiger partial charge is 0.496 e. The normalized spacial score (nSPS) is 12.0. The molecule has 0 heterocycles. The monoisotopic (exact) mass is 309 g/mol. The van der Waals surface area contributed by atoms with Crippen LogP contribution in [0, 0.1) is 5.82 Å². The van der Waals surface area contributed by atoms with E-state index in [2.05, 4.69) is 5.32 Å². The molecule has 0 saturated heterocycles. The van der Waals surface area contributed by atoms with Crippen molar-refractivity contribution in [1.29, 1.82) is 0 Å². The molecular formula is C16H17ClFNO2. The Bertz CT molecular complexity index is 611. The third-order valence-corrected chi connectivity index (χ3v) is 3.61. The van der Waals surface area contributed by atoms with Gasteiger partial charge in [-0.1, -0.05) is 23.7 Å². The quantitative estimate of drug-likeness (QED) is 0.911. The maximum absolute atomic E-state index is 13.4. The number of hydrogen-bond acceptors (Lipinski definition) is 3. The fourth-order valence-electron chi connectivity index (χ4n) is 2.33. The fourth-order valence-corrected chi connectivity index (χ4v) is 2.52. The van der Waals surface area contributed by atoms with Crippen LogP contribution in [0.1, 0.15) is 17.2 Å². The zero-order valence-electron chi connectivity index (χ0n) is 12.1. The highest BCUT2D eigenvalue weighted by Crippen LogP contribution is 2.37. The lowest BCUT2D eigenvalue weighted by Gasteiger charge is -2.22. The van der Waals surface area contributed by atoms with Gasteiger partial charge in [0, 0.05) is 0 Å². The van der Waals surface area contributed by atoms with Crippen molar-refractivity contribution in [2.24, 2.45) is 0 Å². The van der Waals surface area contributed by atoms with E-state index in [4.69, 9.17) is 21.1 Å². The van der Waals surface area contributed by atoms with E-state index in [9.17, 15) is 4.39 Å². The predicted molar refractivity (Wildman–Crippen MR) is 81.9 cm³/mol. The van der Waals surface area contributed by atoms with Gasteiger partial charge in [-0.25, -0.2) is 4.39 Å². The Hall–Kier alpha value is -1.78. The van der Waals surface area contributed by atoms with Gasteiger partial charge in [-0.2, -0.15) is 0 Å². The van der Waals surface area contributed by atoms with Crippen molar-refractivity contribution >= 4 is 11.6 Å².